The maximum absolute atomic E-state index is 11.8. The molecule has 1 unspecified atom stereocenters. The van der Waals surface area contributed by atoms with Gasteiger partial charge in [-0.3, -0.25) is 9.48 Å². The molecule has 2 aromatic heterocycles. The van der Waals surface area contributed by atoms with E-state index in [1.165, 1.54) is 10.9 Å². The van der Waals surface area contributed by atoms with Crippen LogP contribution in [0.25, 0.3) is 42.8 Å². The monoisotopic (exact) mass is 496 g/mol. The van der Waals surface area contributed by atoms with Crippen LogP contribution in [0.2, 0.25) is 0 Å². The number of carboxylic acid groups (broad SMARTS) is 1. The maximum Gasteiger partial charge on any atom is 0.307 e. The van der Waals surface area contributed by atoms with Crippen LogP contribution in [-0.2, 0) is 18.3 Å². The predicted octanol–water partition coefficient (Wildman–Crippen LogP) is 5.84. The quantitative estimate of drug-likeness (QED) is 0.320. The number of rotatable bonds is 5. The van der Waals surface area contributed by atoms with Crippen LogP contribution in [0.15, 0.2) is 48.5 Å². The number of carboxylic acids is 1. The second kappa shape index (κ2) is 8.84. The van der Waals surface area contributed by atoms with Gasteiger partial charge in [0.2, 0.25) is 0 Å². The van der Waals surface area contributed by atoms with E-state index in [4.69, 9.17) is 10.1 Å². The second-order valence-corrected chi connectivity index (χ2v) is 10.8. The molecule has 3 heterocycles. The van der Waals surface area contributed by atoms with Crippen molar-refractivity contribution in [3.05, 3.63) is 70.9 Å². The van der Waals surface area contributed by atoms with Gasteiger partial charge in [-0.15, -0.1) is 11.3 Å². The minimum atomic E-state index is -0.827. The zero-order chi connectivity index (χ0) is 25.0. The first-order valence-corrected chi connectivity index (χ1v) is 13.1. The number of fused-ring (bicyclic) bond motifs is 2. The van der Waals surface area contributed by atoms with Crippen molar-refractivity contribution in [1.82, 2.24) is 20.1 Å². The molecule has 2 N–H and O–H groups in total. The second-order valence-electron chi connectivity index (χ2n) is 9.78. The molecule has 0 spiro atoms. The molecular formula is C29H28N4O2S. The Hall–Kier alpha value is -3.55. The summed E-state index contributed by atoms with van der Waals surface area (Å²) in [5.41, 5.74) is 9.24. The molecule has 1 aliphatic rings. The summed E-state index contributed by atoms with van der Waals surface area (Å²) in [6, 6.07) is 16.8. The Morgan fingerprint density at radius 3 is 2.64 bits per heavy atom. The minimum Gasteiger partial charge on any atom is -0.481 e. The van der Waals surface area contributed by atoms with Crippen LogP contribution < -0.4 is 5.32 Å². The molecule has 0 bridgehead atoms. The topological polar surface area (TPSA) is 80.0 Å². The highest BCUT2D eigenvalue weighted by Gasteiger charge is 2.24. The Bertz CT molecular complexity index is 1630. The minimum absolute atomic E-state index is 0.0152. The van der Waals surface area contributed by atoms with Crippen LogP contribution in [0.5, 0.6) is 0 Å². The first-order valence-electron chi connectivity index (χ1n) is 12.3. The summed E-state index contributed by atoms with van der Waals surface area (Å²) in [5, 5.41) is 20.1. The summed E-state index contributed by atoms with van der Waals surface area (Å²) in [5.74, 6) is -0.403. The standard InChI is InChI=1S/C29H28N4O2S/c1-16-4-6-18(7-5-16)26-21(14-25(34)35)17(2)12-23-28(26)36-29(31-23)19-8-9-24-22(13-19)27(32-33(24)3)20-10-11-30-15-20/h4-9,12-13,20,30H,10-11,14-15H2,1-3H3,(H,34,35). The number of benzene rings is 3. The Morgan fingerprint density at radius 1 is 1.14 bits per heavy atom. The van der Waals surface area contributed by atoms with E-state index in [1.807, 2.05) is 24.7 Å². The van der Waals surface area contributed by atoms with Gasteiger partial charge in [0.25, 0.3) is 0 Å². The van der Waals surface area contributed by atoms with Gasteiger partial charge in [-0.25, -0.2) is 4.98 Å². The lowest BCUT2D eigenvalue weighted by molar-refractivity contribution is -0.136. The molecule has 6 rings (SSSR count). The molecule has 1 fully saturated rings. The molecule has 1 atom stereocenters. The number of aryl methyl sites for hydroxylation is 3. The predicted molar refractivity (Wildman–Crippen MR) is 146 cm³/mol. The van der Waals surface area contributed by atoms with Crippen molar-refractivity contribution in [3.8, 4) is 21.7 Å². The third-order valence-electron chi connectivity index (χ3n) is 7.25. The lowest BCUT2D eigenvalue weighted by atomic mass is 9.93. The average molecular weight is 497 g/mol. The van der Waals surface area contributed by atoms with Crippen LogP contribution in [-0.4, -0.2) is 38.9 Å². The lowest BCUT2D eigenvalue weighted by Crippen LogP contribution is -2.08. The Morgan fingerprint density at radius 2 is 1.92 bits per heavy atom. The summed E-state index contributed by atoms with van der Waals surface area (Å²) in [4.78, 5) is 16.8. The van der Waals surface area contributed by atoms with Crippen LogP contribution in [0, 0.1) is 13.8 Å². The van der Waals surface area contributed by atoms with E-state index < -0.39 is 5.97 Å². The molecule has 1 aliphatic heterocycles. The lowest BCUT2D eigenvalue weighted by Gasteiger charge is -2.13. The van der Waals surface area contributed by atoms with Crippen molar-refractivity contribution in [3.63, 3.8) is 0 Å². The van der Waals surface area contributed by atoms with Gasteiger partial charge in [-0.1, -0.05) is 29.8 Å². The van der Waals surface area contributed by atoms with Gasteiger partial charge in [0, 0.05) is 36.0 Å². The van der Waals surface area contributed by atoms with Crippen LogP contribution in [0.4, 0.5) is 0 Å². The number of nitrogens with one attached hydrogen (secondary N) is 1. The van der Waals surface area contributed by atoms with E-state index >= 15 is 0 Å². The Balaban J connectivity index is 1.54. The van der Waals surface area contributed by atoms with Crippen molar-refractivity contribution in [2.45, 2.75) is 32.6 Å². The van der Waals surface area contributed by atoms with Gasteiger partial charge < -0.3 is 10.4 Å². The van der Waals surface area contributed by atoms with Crippen molar-refractivity contribution in [1.29, 1.82) is 0 Å². The van der Waals surface area contributed by atoms with Crippen molar-refractivity contribution >= 4 is 38.4 Å². The highest BCUT2D eigenvalue weighted by molar-refractivity contribution is 7.22. The third-order valence-corrected chi connectivity index (χ3v) is 8.39. The average Bonchev–Trinajstić information content (AvgIpc) is 3.59. The number of nitrogens with zero attached hydrogens (tertiary/aromatic N) is 3. The number of aliphatic carboxylic acids is 1. The third kappa shape index (κ3) is 3.88. The first kappa shape index (κ1) is 22.9. The number of thiazole rings is 1. The molecule has 1 saturated heterocycles. The summed E-state index contributed by atoms with van der Waals surface area (Å²) in [6.07, 6.45) is 1.08. The maximum atomic E-state index is 11.8. The highest BCUT2D eigenvalue weighted by atomic mass is 32.1. The smallest absolute Gasteiger partial charge is 0.307 e. The summed E-state index contributed by atoms with van der Waals surface area (Å²) < 4.78 is 3.00. The van der Waals surface area contributed by atoms with Crippen LogP contribution in [0.1, 0.15) is 34.7 Å². The fraction of sp³-hybridized carbons (Fsp3) is 0.276. The molecule has 5 aromatic rings. The molecule has 6 nitrogen and oxygen atoms in total. The zero-order valence-corrected chi connectivity index (χ0v) is 21.4. The van der Waals surface area contributed by atoms with Crippen molar-refractivity contribution in [2.24, 2.45) is 7.05 Å². The molecule has 3 aromatic carbocycles. The van der Waals surface area contributed by atoms with Crippen LogP contribution >= 0.6 is 11.3 Å². The van der Waals surface area contributed by atoms with E-state index in [9.17, 15) is 9.90 Å². The van der Waals surface area contributed by atoms with Crippen LogP contribution in [0.3, 0.4) is 0 Å². The van der Waals surface area contributed by atoms with E-state index in [2.05, 4.69) is 54.7 Å². The molecule has 0 amide bonds. The van der Waals surface area contributed by atoms with E-state index in [0.717, 1.165) is 73.8 Å². The molecular weight excluding hydrogens is 468 g/mol. The number of carbonyl (C=O) groups is 1. The SMILES string of the molecule is Cc1ccc(-c2c(CC(=O)O)c(C)cc3nc(-c4ccc5c(c4)c(C4CCNC4)nn5C)sc23)cc1. The van der Waals surface area contributed by atoms with E-state index in [1.54, 1.807) is 11.3 Å². The Kier molecular flexibility index (Phi) is 5.62. The number of hydrogen-bond acceptors (Lipinski definition) is 5. The molecule has 36 heavy (non-hydrogen) atoms. The fourth-order valence-corrected chi connectivity index (χ4v) is 6.51. The molecule has 0 aliphatic carbocycles. The van der Waals surface area contributed by atoms with Gasteiger partial charge in [0.1, 0.15) is 5.01 Å². The van der Waals surface area contributed by atoms with Gasteiger partial charge in [-0.05, 0) is 67.8 Å². The molecule has 7 heteroatoms. The molecule has 0 radical (unpaired) electrons. The summed E-state index contributed by atoms with van der Waals surface area (Å²) >= 11 is 1.64. The first-order chi connectivity index (χ1) is 17.4. The number of hydrogen-bond donors (Lipinski definition) is 2. The zero-order valence-electron chi connectivity index (χ0n) is 20.6. The Labute approximate surface area is 213 Å². The molecule has 182 valence electrons. The van der Waals surface area contributed by atoms with Crippen molar-refractivity contribution in [2.75, 3.05) is 13.1 Å². The van der Waals surface area contributed by atoms with Gasteiger partial charge in [0.05, 0.1) is 27.8 Å². The van der Waals surface area contributed by atoms with Crippen molar-refractivity contribution < 1.29 is 9.90 Å². The number of aromatic nitrogens is 3. The summed E-state index contributed by atoms with van der Waals surface area (Å²) in [7, 11) is 2.01. The highest BCUT2D eigenvalue weighted by Crippen LogP contribution is 2.41. The molecule has 0 saturated carbocycles. The van der Waals surface area contributed by atoms with E-state index in [0.29, 0.717) is 5.92 Å². The van der Waals surface area contributed by atoms with Gasteiger partial charge >= 0.3 is 5.97 Å². The van der Waals surface area contributed by atoms with E-state index in [-0.39, 0.29) is 6.42 Å². The largest absolute Gasteiger partial charge is 0.481 e. The summed E-state index contributed by atoms with van der Waals surface area (Å²) in [6.45, 7) is 6.03. The fourth-order valence-electron chi connectivity index (χ4n) is 5.38. The van der Waals surface area contributed by atoms with Gasteiger partial charge in [0.15, 0.2) is 0 Å². The normalized spacial score (nSPS) is 15.8. The van der Waals surface area contributed by atoms with Gasteiger partial charge in [-0.2, -0.15) is 5.10 Å².